The van der Waals surface area contributed by atoms with E-state index in [1.807, 2.05) is 6.07 Å². The quantitative estimate of drug-likeness (QED) is 0.360. The van der Waals surface area contributed by atoms with Gasteiger partial charge >= 0.3 is 18.2 Å². The number of fused-ring (bicyclic) bond motifs is 1. The summed E-state index contributed by atoms with van der Waals surface area (Å²) in [7, 11) is 0. The molecule has 0 spiro atoms. The number of carbonyl (C=O) groups excluding carboxylic acids is 5. The molecular formula is C35H41N5O11. The van der Waals surface area contributed by atoms with Crippen molar-refractivity contribution in [1.82, 2.24) is 4.90 Å². The summed E-state index contributed by atoms with van der Waals surface area (Å²) in [6.45, 7) is 8.69. The second-order valence-electron chi connectivity index (χ2n) is 13.9. The summed E-state index contributed by atoms with van der Waals surface area (Å²) in [6, 6.07) is 10.9. The summed E-state index contributed by atoms with van der Waals surface area (Å²) < 4.78 is 16.3. The lowest BCUT2D eigenvalue weighted by atomic mass is 9.99. The summed E-state index contributed by atoms with van der Waals surface area (Å²) in [5, 5.41) is 32.6. The molecule has 16 nitrogen and oxygen atoms in total. The number of nitrogens with one attached hydrogen (secondary N) is 1. The van der Waals surface area contributed by atoms with Crippen molar-refractivity contribution in [2.75, 3.05) is 34.8 Å². The fourth-order valence-electron chi connectivity index (χ4n) is 5.36. The Morgan fingerprint density at radius 3 is 2.25 bits per heavy atom. The summed E-state index contributed by atoms with van der Waals surface area (Å²) >= 11 is 0. The number of nitriles is 1. The summed E-state index contributed by atoms with van der Waals surface area (Å²) in [5.74, 6) is -3.34. The summed E-state index contributed by atoms with van der Waals surface area (Å²) in [6.07, 6.45) is -5.13. The normalized spacial score (nSPS) is 16.8. The number of aliphatic carboxylic acids is 1. The zero-order valence-electron chi connectivity index (χ0n) is 29.2. The van der Waals surface area contributed by atoms with Crippen LogP contribution in [0, 0.1) is 11.3 Å². The minimum Gasteiger partial charge on any atom is -0.480 e. The Kier molecular flexibility index (Phi) is 11.4. The van der Waals surface area contributed by atoms with Crippen molar-refractivity contribution < 1.29 is 53.2 Å². The van der Waals surface area contributed by atoms with E-state index in [-0.39, 0.29) is 42.3 Å². The van der Waals surface area contributed by atoms with E-state index in [2.05, 4.69) is 5.32 Å². The van der Waals surface area contributed by atoms with Crippen LogP contribution >= 0.6 is 0 Å². The number of hydrogen-bond acceptors (Lipinski definition) is 11. The lowest BCUT2D eigenvalue weighted by molar-refractivity contribution is -0.150. The first-order valence-electron chi connectivity index (χ1n) is 16.1. The van der Waals surface area contributed by atoms with Crippen LogP contribution in [-0.2, 0) is 46.4 Å². The first-order valence-corrected chi connectivity index (χ1v) is 16.1. The number of aliphatic hydroxyl groups excluding tert-OH is 1. The Hall–Kier alpha value is -5.53. The second-order valence-corrected chi connectivity index (χ2v) is 13.9. The molecule has 0 unspecified atom stereocenters. The monoisotopic (exact) mass is 707 g/mol. The molecule has 2 aromatic rings. The molecule has 2 atom stereocenters. The Labute approximate surface area is 294 Å². The molecule has 51 heavy (non-hydrogen) atoms. The van der Waals surface area contributed by atoms with E-state index in [9.17, 15) is 44.2 Å². The van der Waals surface area contributed by atoms with Crippen molar-refractivity contribution in [3.63, 3.8) is 0 Å². The van der Waals surface area contributed by atoms with E-state index in [1.54, 1.807) is 53.7 Å². The van der Waals surface area contributed by atoms with Crippen molar-refractivity contribution in [3.8, 4) is 6.07 Å². The first kappa shape index (κ1) is 38.3. The van der Waals surface area contributed by atoms with Gasteiger partial charge in [0.1, 0.15) is 17.7 Å². The molecule has 3 N–H and O–H groups in total. The molecule has 0 aliphatic carbocycles. The van der Waals surface area contributed by atoms with Crippen LogP contribution in [0.5, 0.6) is 0 Å². The van der Waals surface area contributed by atoms with Crippen LogP contribution in [0.25, 0.3) is 0 Å². The summed E-state index contributed by atoms with van der Waals surface area (Å²) in [5.41, 5.74) is -0.237. The third kappa shape index (κ3) is 9.59. The third-order valence-electron chi connectivity index (χ3n) is 7.60. The van der Waals surface area contributed by atoms with Crippen LogP contribution in [0.3, 0.4) is 0 Å². The number of carbonyl (C=O) groups is 6. The van der Waals surface area contributed by atoms with Gasteiger partial charge in [-0.25, -0.2) is 14.5 Å². The van der Waals surface area contributed by atoms with Crippen LogP contribution < -0.4 is 15.1 Å². The molecule has 5 amide bonds. The number of imide groups is 1. The Balaban J connectivity index is 1.53. The van der Waals surface area contributed by atoms with Crippen molar-refractivity contribution >= 4 is 52.9 Å². The molecule has 1 saturated heterocycles. The zero-order chi connectivity index (χ0) is 37.8. The van der Waals surface area contributed by atoms with Gasteiger partial charge < -0.3 is 39.5 Å². The topological polar surface area (TPSA) is 216 Å². The number of hydrogen-bond donors (Lipinski definition) is 3. The number of aryl methyl sites for hydroxylation is 1. The van der Waals surface area contributed by atoms with Crippen molar-refractivity contribution in [3.05, 3.63) is 53.1 Å². The van der Waals surface area contributed by atoms with Gasteiger partial charge in [-0.05, 0) is 89.4 Å². The standard InChI is InChI=1S/C35H41N5O11/c1-34(2,3)50-32(47)40(33(48)51-35(4,5)6)18-22-15-23(10-7-21(22)17-36)37-30(45)28(44)29-31(46)38(13-14-49-29)24-11-8-20-9-12-26(41)39(19-27(42)43)25(20)16-24/h7-8,10-11,15-16,28-29,44H,9,12-14,18-19H2,1-6H3,(H,37,45)(H,42,43)/t28-,29-/m1/s1. The molecule has 0 saturated carbocycles. The number of morpholine rings is 1. The van der Waals surface area contributed by atoms with Crippen LogP contribution in [-0.4, -0.2) is 94.1 Å². The highest BCUT2D eigenvalue weighted by Gasteiger charge is 2.40. The van der Waals surface area contributed by atoms with Crippen LogP contribution in [0.2, 0.25) is 0 Å². The fraction of sp³-hybridized carbons (Fsp3) is 0.457. The molecule has 4 rings (SSSR count). The predicted molar refractivity (Wildman–Crippen MR) is 181 cm³/mol. The molecular weight excluding hydrogens is 666 g/mol. The number of rotatable bonds is 8. The van der Waals surface area contributed by atoms with Gasteiger partial charge in [-0.1, -0.05) is 6.07 Å². The highest BCUT2D eigenvalue weighted by atomic mass is 16.6. The van der Waals surface area contributed by atoms with E-state index in [0.29, 0.717) is 22.7 Å². The molecule has 0 bridgehead atoms. The number of carboxylic acids is 1. The van der Waals surface area contributed by atoms with Crippen molar-refractivity contribution in [2.45, 2.75) is 84.3 Å². The maximum absolute atomic E-state index is 13.6. The number of nitrogens with zero attached hydrogens (tertiary/aromatic N) is 4. The molecule has 16 heteroatoms. The largest absolute Gasteiger partial charge is 0.480 e. The molecule has 2 aliphatic heterocycles. The Bertz CT molecular complexity index is 1740. The van der Waals surface area contributed by atoms with Crippen molar-refractivity contribution in [1.29, 1.82) is 5.26 Å². The smallest absolute Gasteiger partial charge is 0.420 e. The molecule has 0 aromatic heterocycles. The SMILES string of the molecule is CC(C)(C)OC(=O)N(Cc1cc(NC(=O)[C@H](O)[C@H]2OCCN(c3ccc4c(c3)N(CC(=O)O)C(=O)CC4)C2=O)ccc1C#N)C(=O)OC(C)(C)C. The molecule has 1 fully saturated rings. The lowest BCUT2D eigenvalue weighted by Crippen LogP contribution is -2.55. The molecule has 2 heterocycles. The first-order chi connectivity index (χ1) is 23.8. The minimum atomic E-state index is -2.00. The highest BCUT2D eigenvalue weighted by molar-refractivity contribution is 6.05. The van der Waals surface area contributed by atoms with Gasteiger partial charge in [0.05, 0.1) is 24.8 Å². The fourth-order valence-corrected chi connectivity index (χ4v) is 5.36. The number of amides is 5. The Morgan fingerprint density at radius 2 is 1.67 bits per heavy atom. The number of benzene rings is 2. The number of ether oxygens (including phenoxy) is 3. The average Bonchev–Trinajstić information content (AvgIpc) is 3.02. The van der Waals surface area contributed by atoms with Crippen LogP contribution in [0.15, 0.2) is 36.4 Å². The van der Waals surface area contributed by atoms with Gasteiger partial charge in [-0.3, -0.25) is 19.2 Å². The van der Waals surface area contributed by atoms with Crippen molar-refractivity contribution in [2.24, 2.45) is 0 Å². The average molecular weight is 708 g/mol. The number of aliphatic hydroxyl groups is 1. The Morgan fingerprint density at radius 1 is 1.02 bits per heavy atom. The maximum Gasteiger partial charge on any atom is 0.420 e. The predicted octanol–water partition coefficient (Wildman–Crippen LogP) is 3.33. The lowest BCUT2D eigenvalue weighted by Gasteiger charge is -2.35. The van der Waals surface area contributed by atoms with E-state index >= 15 is 0 Å². The van der Waals surface area contributed by atoms with Gasteiger partial charge in [0, 0.05) is 30.0 Å². The molecule has 2 aromatic carbocycles. The van der Waals surface area contributed by atoms with E-state index in [1.165, 1.54) is 29.2 Å². The van der Waals surface area contributed by atoms with E-state index in [0.717, 1.165) is 10.5 Å². The van der Waals surface area contributed by atoms with Gasteiger partial charge in [-0.15, -0.1) is 0 Å². The van der Waals surface area contributed by atoms with Crippen LogP contribution in [0.4, 0.5) is 26.7 Å². The molecule has 2 aliphatic rings. The third-order valence-corrected chi connectivity index (χ3v) is 7.60. The van der Waals surface area contributed by atoms with Gasteiger partial charge in [0.25, 0.3) is 11.8 Å². The number of anilines is 3. The van der Waals surface area contributed by atoms with Crippen LogP contribution in [0.1, 0.15) is 64.7 Å². The van der Waals surface area contributed by atoms with Gasteiger partial charge in [-0.2, -0.15) is 5.26 Å². The van der Waals surface area contributed by atoms with Gasteiger partial charge in [0.2, 0.25) is 5.91 Å². The molecule has 0 radical (unpaired) electrons. The molecule has 272 valence electrons. The highest BCUT2D eigenvalue weighted by Crippen LogP contribution is 2.33. The second kappa shape index (κ2) is 15.2. The summed E-state index contributed by atoms with van der Waals surface area (Å²) in [4.78, 5) is 79.9. The number of carboxylic acid groups (broad SMARTS) is 1. The maximum atomic E-state index is 13.6. The minimum absolute atomic E-state index is 0.0538. The van der Waals surface area contributed by atoms with E-state index < -0.39 is 66.5 Å². The zero-order valence-corrected chi connectivity index (χ0v) is 29.2. The van der Waals surface area contributed by atoms with E-state index in [4.69, 9.17) is 14.2 Å². The van der Waals surface area contributed by atoms with Gasteiger partial charge in [0.15, 0.2) is 12.2 Å².